The molecule has 4 aliphatic rings. The second kappa shape index (κ2) is 7.31. The Hall–Kier alpha value is -2.64. The highest BCUT2D eigenvalue weighted by molar-refractivity contribution is 6.00. The fourth-order valence-corrected chi connectivity index (χ4v) is 5.74. The lowest BCUT2D eigenvalue weighted by Crippen LogP contribution is -2.62. The zero-order valence-electron chi connectivity index (χ0n) is 16.7. The number of nitrogens with one attached hydrogen (secondary N) is 3. The standard InChI is InChI=1S/C21H27N3O5/c1-11(25)16-6-17(22-10-16)19(27)29-12(2)18(26)23-20(28)24-21-7-13-3-14(8-21)5-15(4-13)9-21/h6,10,12-15,22H,3-5,7-9H2,1-2H3,(H2,23,24,26,28)/t12-,13?,14?,15?,21?/m0/s1. The summed E-state index contributed by atoms with van der Waals surface area (Å²) in [5, 5.41) is 5.36. The topological polar surface area (TPSA) is 117 Å². The highest BCUT2D eigenvalue weighted by Gasteiger charge is 2.51. The predicted octanol–water partition coefficient (Wildman–Crippen LogP) is 2.56. The molecule has 0 aromatic carbocycles. The number of aromatic nitrogens is 1. The number of imide groups is 1. The monoisotopic (exact) mass is 401 g/mol. The summed E-state index contributed by atoms with van der Waals surface area (Å²) in [5.74, 6) is 0.404. The molecular weight excluding hydrogens is 374 g/mol. The molecule has 0 radical (unpaired) electrons. The maximum Gasteiger partial charge on any atom is 0.355 e. The lowest BCUT2D eigenvalue weighted by molar-refractivity contribution is -0.128. The summed E-state index contributed by atoms with van der Waals surface area (Å²) in [4.78, 5) is 50.9. The molecule has 4 bridgehead atoms. The third-order valence-electron chi connectivity index (χ3n) is 6.62. The Morgan fingerprint density at radius 1 is 1.10 bits per heavy atom. The Balaban J connectivity index is 1.30. The minimum Gasteiger partial charge on any atom is -0.448 e. The lowest BCUT2D eigenvalue weighted by Gasteiger charge is -2.56. The average molecular weight is 401 g/mol. The highest BCUT2D eigenvalue weighted by atomic mass is 16.5. The van der Waals surface area contributed by atoms with Gasteiger partial charge in [0.05, 0.1) is 0 Å². The van der Waals surface area contributed by atoms with Gasteiger partial charge >= 0.3 is 12.0 Å². The van der Waals surface area contributed by atoms with Crippen molar-refractivity contribution in [2.24, 2.45) is 17.8 Å². The molecule has 0 unspecified atom stereocenters. The SMILES string of the molecule is CC(=O)c1c[nH]c(C(=O)O[C@@H](C)C(=O)NC(=O)NC23CC4CC(CC(C4)C2)C3)c1. The van der Waals surface area contributed by atoms with Crippen molar-refractivity contribution in [2.75, 3.05) is 0 Å². The molecule has 5 rings (SSSR count). The Morgan fingerprint density at radius 2 is 1.69 bits per heavy atom. The summed E-state index contributed by atoms with van der Waals surface area (Å²) in [6.07, 6.45) is 7.00. The largest absolute Gasteiger partial charge is 0.448 e. The van der Waals surface area contributed by atoms with Crippen LogP contribution in [0.15, 0.2) is 12.3 Å². The van der Waals surface area contributed by atoms with Crippen molar-refractivity contribution in [3.05, 3.63) is 23.5 Å². The van der Waals surface area contributed by atoms with Gasteiger partial charge in [0.25, 0.3) is 5.91 Å². The summed E-state index contributed by atoms with van der Waals surface area (Å²) in [6.45, 7) is 2.79. The van der Waals surface area contributed by atoms with Gasteiger partial charge < -0.3 is 15.0 Å². The lowest BCUT2D eigenvalue weighted by atomic mass is 9.53. The van der Waals surface area contributed by atoms with Crippen LogP contribution >= 0.6 is 0 Å². The number of ether oxygens (including phenoxy) is 1. The van der Waals surface area contributed by atoms with Crippen LogP contribution in [0.25, 0.3) is 0 Å². The molecule has 3 N–H and O–H groups in total. The number of esters is 1. The number of carbonyl (C=O) groups is 4. The first kappa shape index (κ1) is 19.7. The number of amides is 3. The van der Waals surface area contributed by atoms with Crippen LogP contribution in [-0.2, 0) is 9.53 Å². The molecule has 0 saturated heterocycles. The molecule has 8 nitrogen and oxygen atoms in total. The van der Waals surface area contributed by atoms with Crippen LogP contribution in [0.1, 0.15) is 73.2 Å². The van der Waals surface area contributed by atoms with Crippen LogP contribution in [0.2, 0.25) is 0 Å². The van der Waals surface area contributed by atoms with Crippen LogP contribution in [-0.4, -0.2) is 40.3 Å². The second-order valence-electron chi connectivity index (χ2n) is 9.05. The summed E-state index contributed by atoms with van der Waals surface area (Å²) >= 11 is 0. The van der Waals surface area contributed by atoms with E-state index in [1.165, 1.54) is 45.4 Å². The van der Waals surface area contributed by atoms with Crippen molar-refractivity contribution in [2.45, 2.75) is 64.0 Å². The van der Waals surface area contributed by atoms with E-state index in [0.717, 1.165) is 19.3 Å². The Bertz CT molecular complexity index is 823. The highest BCUT2D eigenvalue weighted by Crippen LogP contribution is 2.55. The number of aromatic amines is 1. The van der Waals surface area contributed by atoms with E-state index in [9.17, 15) is 19.2 Å². The summed E-state index contributed by atoms with van der Waals surface area (Å²) < 4.78 is 5.11. The molecule has 29 heavy (non-hydrogen) atoms. The minimum absolute atomic E-state index is 0.0767. The van der Waals surface area contributed by atoms with E-state index in [2.05, 4.69) is 15.6 Å². The zero-order valence-corrected chi connectivity index (χ0v) is 16.7. The van der Waals surface area contributed by atoms with Gasteiger partial charge in [-0.3, -0.25) is 14.9 Å². The summed E-state index contributed by atoms with van der Waals surface area (Å²) in [6, 6.07) is 0.841. The van der Waals surface area contributed by atoms with Gasteiger partial charge in [0.1, 0.15) is 5.69 Å². The van der Waals surface area contributed by atoms with Gasteiger partial charge in [0, 0.05) is 17.3 Å². The fourth-order valence-electron chi connectivity index (χ4n) is 5.74. The minimum atomic E-state index is -1.14. The summed E-state index contributed by atoms with van der Waals surface area (Å²) in [7, 11) is 0. The number of ketones is 1. The number of urea groups is 1. The first-order valence-corrected chi connectivity index (χ1v) is 10.3. The van der Waals surface area contributed by atoms with Crippen molar-refractivity contribution in [1.82, 2.24) is 15.6 Å². The normalized spacial score (nSPS) is 30.5. The Morgan fingerprint density at radius 3 is 2.21 bits per heavy atom. The van der Waals surface area contributed by atoms with Crippen molar-refractivity contribution >= 4 is 23.7 Å². The second-order valence-corrected chi connectivity index (χ2v) is 9.05. The van der Waals surface area contributed by atoms with Crippen molar-refractivity contribution in [1.29, 1.82) is 0 Å². The van der Waals surface area contributed by atoms with Gasteiger partial charge in [0.15, 0.2) is 11.9 Å². The molecule has 4 fully saturated rings. The first-order chi connectivity index (χ1) is 13.7. The maximum atomic E-state index is 12.4. The molecule has 3 amide bonds. The number of Topliss-reactive ketones (excluding diaryl/α,β-unsaturated/α-hetero) is 1. The number of carbonyl (C=O) groups excluding carboxylic acids is 4. The molecule has 156 valence electrons. The smallest absolute Gasteiger partial charge is 0.355 e. The van der Waals surface area contributed by atoms with Crippen LogP contribution < -0.4 is 10.6 Å². The van der Waals surface area contributed by atoms with E-state index in [4.69, 9.17) is 4.74 Å². The van der Waals surface area contributed by atoms with E-state index in [1.54, 1.807) is 0 Å². The van der Waals surface area contributed by atoms with Crippen molar-refractivity contribution in [3.8, 4) is 0 Å². The molecule has 1 aromatic rings. The van der Waals surface area contributed by atoms with Gasteiger partial charge in [-0.05, 0) is 76.2 Å². The molecule has 0 aliphatic heterocycles. The number of rotatable bonds is 5. The van der Waals surface area contributed by atoms with Crippen molar-refractivity contribution in [3.63, 3.8) is 0 Å². The zero-order chi connectivity index (χ0) is 20.8. The van der Waals surface area contributed by atoms with Gasteiger partial charge in [-0.15, -0.1) is 0 Å². The van der Waals surface area contributed by atoms with E-state index in [0.29, 0.717) is 23.3 Å². The van der Waals surface area contributed by atoms with E-state index in [1.807, 2.05) is 0 Å². The third kappa shape index (κ3) is 4.06. The van der Waals surface area contributed by atoms with Crippen LogP contribution in [0.3, 0.4) is 0 Å². The predicted molar refractivity (Wildman–Crippen MR) is 103 cm³/mol. The molecule has 1 aromatic heterocycles. The van der Waals surface area contributed by atoms with E-state index in [-0.39, 0.29) is 17.0 Å². The molecule has 1 atom stereocenters. The molecular formula is C21H27N3O5. The van der Waals surface area contributed by atoms with Crippen LogP contribution in [0, 0.1) is 17.8 Å². The molecule has 8 heteroatoms. The first-order valence-electron chi connectivity index (χ1n) is 10.3. The molecule has 1 heterocycles. The molecule has 4 saturated carbocycles. The van der Waals surface area contributed by atoms with Gasteiger partial charge in [-0.25, -0.2) is 9.59 Å². The third-order valence-corrected chi connectivity index (χ3v) is 6.62. The maximum absolute atomic E-state index is 12.4. The van der Waals surface area contributed by atoms with Crippen LogP contribution in [0.5, 0.6) is 0 Å². The van der Waals surface area contributed by atoms with Crippen LogP contribution in [0.4, 0.5) is 4.79 Å². The fraction of sp³-hybridized carbons (Fsp3) is 0.619. The molecule has 4 aliphatic carbocycles. The number of hydrogen-bond acceptors (Lipinski definition) is 5. The molecule has 0 spiro atoms. The van der Waals surface area contributed by atoms with Crippen molar-refractivity contribution < 1.29 is 23.9 Å². The van der Waals surface area contributed by atoms with E-state index < -0.39 is 24.0 Å². The van der Waals surface area contributed by atoms with Gasteiger partial charge in [0.2, 0.25) is 0 Å². The Labute approximate surface area is 169 Å². The average Bonchev–Trinajstić information content (AvgIpc) is 3.10. The Kier molecular flexibility index (Phi) is 4.96. The van der Waals surface area contributed by atoms with Gasteiger partial charge in [-0.2, -0.15) is 0 Å². The number of H-pyrrole nitrogens is 1. The quantitative estimate of drug-likeness (QED) is 0.518. The van der Waals surface area contributed by atoms with Gasteiger partial charge in [-0.1, -0.05) is 0 Å². The summed E-state index contributed by atoms with van der Waals surface area (Å²) in [5.41, 5.74) is 0.226. The van der Waals surface area contributed by atoms with E-state index >= 15 is 0 Å². The number of hydrogen-bond donors (Lipinski definition) is 3.